The number of nitrogens with zero attached hydrogens (tertiary/aromatic N) is 1. The normalized spacial score (nSPS) is 10.4. The second-order valence-electron chi connectivity index (χ2n) is 3.82. The van der Waals surface area contributed by atoms with E-state index in [1.807, 2.05) is 0 Å². The second-order valence-corrected chi connectivity index (χ2v) is 3.82. The van der Waals surface area contributed by atoms with Crippen LogP contribution in [0, 0.1) is 10.1 Å². The van der Waals surface area contributed by atoms with Crippen molar-refractivity contribution in [2.45, 2.75) is 6.42 Å². The summed E-state index contributed by atoms with van der Waals surface area (Å²) in [6.07, 6.45) is 0.820. The van der Waals surface area contributed by atoms with Crippen molar-refractivity contribution in [2.75, 3.05) is 39.3 Å². The molecule has 0 aliphatic heterocycles. The van der Waals surface area contributed by atoms with E-state index >= 15 is 0 Å². The molecular weight excluding hydrogens is 252 g/mol. The van der Waals surface area contributed by atoms with Gasteiger partial charge in [-0.2, -0.15) is 0 Å². The number of benzene rings is 1. The number of nitrogen functional groups attached to an aromatic ring is 1. The van der Waals surface area contributed by atoms with Gasteiger partial charge in [-0.3, -0.25) is 10.1 Å². The van der Waals surface area contributed by atoms with Crippen LogP contribution in [0.25, 0.3) is 0 Å². The largest absolute Gasteiger partial charge is 0.491 e. The van der Waals surface area contributed by atoms with Gasteiger partial charge >= 0.3 is 0 Å². The van der Waals surface area contributed by atoms with E-state index in [4.69, 9.17) is 19.9 Å². The van der Waals surface area contributed by atoms with Gasteiger partial charge in [-0.1, -0.05) is 0 Å². The van der Waals surface area contributed by atoms with E-state index in [1.54, 1.807) is 7.11 Å². The Morgan fingerprint density at radius 1 is 1.21 bits per heavy atom. The van der Waals surface area contributed by atoms with Gasteiger partial charge in [0.05, 0.1) is 17.6 Å². The number of hydrogen-bond donors (Lipinski definition) is 1. The minimum absolute atomic E-state index is 0.0870. The first-order valence-corrected chi connectivity index (χ1v) is 5.88. The lowest BCUT2D eigenvalue weighted by molar-refractivity contribution is -0.384. The third-order valence-electron chi connectivity index (χ3n) is 2.26. The number of nitro benzene ring substituents is 1. The molecule has 7 heteroatoms. The van der Waals surface area contributed by atoms with Gasteiger partial charge in [0.25, 0.3) is 5.69 Å². The minimum atomic E-state index is -0.509. The summed E-state index contributed by atoms with van der Waals surface area (Å²) in [5.74, 6) is 0.368. The van der Waals surface area contributed by atoms with Crippen LogP contribution in [-0.4, -0.2) is 38.5 Å². The molecule has 0 saturated heterocycles. The van der Waals surface area contributed by atoms with Crippen LogP contribution in [0.3, 0.4) is 0 Å². The van der Waals surface area contributed by atoms with Crippen LogP contribution < -0.4 is 10.5 Å². The number of non-ortho nitro benzene ring substituents is 1. The van der Waals surface area contributed by atoms with Crippen molar-refractivity contribution < 1.29 is 19.1 Å². The molecule has 0 aromatic heterocycles. The standard InChI is InChI=1S/C12H18N2O5/c1-17-3-2-4-18-5-6-19-12-8-10(13)7-11(9-12)14(15)16/h7-9H,2-6,13H2,1H3. The average Bonchev–Trinajstić information content (AvgIpc) is 2.37. The second kappa shape index (κ2) is 8.28. The summed E-state index contributed by atoms with van der Waals surface area (Å²) in [5.41, 5.74) is 5.76. The molecule has 0 spiro atoms. The Labute approximate surface area is 111 Å². The highest BCUT2D eigenvalue weighted by molar-refractivity contribution is 5.53. The number of nitrogens with two attached hydrogens (primary N) is 1. The maximum atomic E-state index is 10.6. The molecule has 1 rings (SSSR count). The van der Waals surface area contributed by atoms with E-state index in [9.17, 15) is 10.1 Å². The number of rotatable bonds is 9. The fourth-order valence-corrected chi connectivity index (χ4v) is 1.42. The fraction of sp³-hybridized carbons (Fsp3) is 0.500. The first-order chi connectivity index (χ1) is 9.13. The summed E-state index contributed by atoms with van der Waals surface area (Å²) in [5, 5.41) is 10.6. The Balaban J connectivity index is 2.31. The molecule has 0 aliphatic rings. The van der Waals surface area contributed by atoms with Crippen molar-refractivity contribution in [1.29, 1.82) is 0 Å². The Hall–Kier alpha value is -1.86. The Kier molecular flexibility index (Phi) is 6.62. The monoisotopic (exact) mass is 270 g/mol. The van der Waals surface area contributed by atoms with Gasteiger partial charge < -0.3 is 19.9 Å². The number of ether oxygens (including phenoxy) is 3. The van der Waals surface area contributed by atoms with E-state index in [0.29, 0.717) is 37.9 Å². The van der Waals surface area contributed by atoms with Crippen molar-refractivity contribution in [3.8, 4) is 5.75 Å². The predicted octanol–water partition coefficient (Wildman–Crippen LogP) is 1.61. The highest BCUT2D eigenvalue weighted by Gasteiger charge is 2.09. The van der Waals surface area contributed by atoms with Crippen LogP contribution >= 0.6 is 0 Å². The zero-order valence-corrected chi connectivity index (χ0v) is 10.8. The van der Waals surface area contributed by atoms with E-state index in [1.165, 1.54) is 18.2 Å². The topological polar surface area (TPSA) is 96.8 Å². The summed E-state index contributed by atoms with van der Waals surface area (Å²) in [6.45, 7) is 1.97. The van der Waals surface area contributed by atoms with E-state index < -0.39 is 4.92 Å². The van der Waals surface area contributed by atoms with Crippen molar-refractivity contribution >= 4 is 11.4 Å². The zero-order chi connectivity index (χ0) is 14.1. The molecule has 0 aliphatic carbocycles. The van der Waals surface area contributed by atoms with E-state index in [0.717, 1.165) is 6.42 Å². The highest BCUT2D eigenvalue weighted by Crippen LogP contribution is 2.23. The van der Waals surface area contributed by atoms with Crippen LogP contribution in [0.15, 0.2) is 18.2 Å². The minimum Gasteiger partial charge on any atom is -0.491 e. The first kappa shape index (κ1) is 15.2. The SMILES string of the molecule is COCCCOCCOc1cc(N)cc([N+](=O)[O-])c1. The van der Waals surface area contributed by atoms with E-state index in [-0.39, 0.29) is 5.69 Å². The Morgan fingerprint density at radius 2 is 2.00 bits per heavy atom. The number of nitro groups is 1. The molecule has 0 atom stereocenters. The quantitative estimate of drug-likeness (QED) is 0.317. The maximum Gasteiger partial charge on any atom is 0.275 e. The number of methoxy groups -OCH3 is 1. The third kappa shape index (κ3) is 6.03. The molecule has 1 aromatic carbocycles. The Morgan fingerprint density at radius 3 is 2.68 bits per heavy atom. The number of hydrogen-bond acceptors (Lipinski definition) is 6. The fourth-order valence-electron chi connectivity index (χ4n) is 1.42. The molecule has 0 bridgehead atoms. The van der Waals surface area contributed by atoms with Crippen LogP contribution in [-0.2, 0) is 9.47 Å². The van der Waals surface area contributed by atoms with Gasteiger partial charge in [0.15, 0.2) is 0 Å². The molecule has 19 heavy (non-hydrogen) atoms. The average molecular weight is 270 g/mol. The molecule has 0 fully saturated rings. The molecule has 7 nitrogen and oxygen atoms in total. The lowest BCUT2D eigenvalue weighted by Gasteiger charge is -2.07. The smallest absolute Gasteiger partial charge is 0.275 e. The third-order valence-corrected chi connectivity index (χ3v) is 2.26. The summed E-state index contributed by atoms with van der Waals surface area (Å²) in [6, 6.07) is 4.16. The molecule has 0 amide bonds. The Bertz CT molecular complexity index is 411. The van der Waals surface area contributed by atoms with Crippen molar-refractivity contribution in [3.05, 3.63) is 28.3 Å². The summed E-state index contributed by atoms with van der Waals surface area (Å²) < 4.78 is 15.5. The highest BCUT2D eigenvalue weighted by atomic mass is 16.6. The molecule has 0 unspecified atom stereocenters. The number of anilines is 1. The molecule has 1 aromatic rings. The van der Waals surface area contributed by atoms with Crippen LogP contribution in [0.1, 0.15) is 6.42 Å². The molecule has 0 heterocycles. The molecule has 0 radical (unpaired) electrons. The van der Waals surface area contributed by atoms with Gasteiger partial charge in [-0.05, 0) is 6.42 Å². The maximum absolute atomic E-state index is 10.6. The molecule has 2 N–H and O–H groups in total. The van der Waals surface area contributed by atoms with Gasteiger partial charge in [-0.15, -0.1) is 0 Å². The molecular formula is C12H18N2O5. The van der Waals surface area contributed by atoms with Crippen molar-refractivity contribution in [2.24, 2.45) is 0 Å². The summed E-state index contributed by atoms with van der Waals surface area (Å²) >= 11 is 0. The summed E-state index contributed by atoms with van der Waals surface area (Å²) in [7, 11) is 1.63. The van der Waals surface area contributed by atoms with Crippen molar-refractivity contribution in [3.63, 3.8) is 0 Å². The predicted molar refractivity (Wildman–Crippen MR) is 70.3 cm³/mol. The lowest BCUT2D eigenvalue weighted by atomic mass is 10.2. The first-order valence-electron chi connectivity index (χ1n) is 5.88. The van der Waals surface area contributed by atoms with Crippen LogP contribution in [0.2, 0.25) is 0 Å². The van der Waals surface area contributed by atoms with Crippen LogP contribution in [0.5, 0.6) is 5.75 Å². The lowest BCUT2D eigenvalue weighted by Crippen LogP contribution is -2.08. The van der Waals surface area contributed by atoms with Gasteiger partial charge in [-0.25, -0.2) is 0 Å². The van der Waals surface area contributed by atoms with E-state index in [2.05, 4.69) is 0 Å². The van der Waals surface area contributed by atoms with Gasteiger partial charge in [0.2, 0.25) is 0 Å². The van der Waals surface area contributed by atoms with Gasteiger partial charge in [0, 0.05) is 38.1 Å². The van der Waals surface area contributed by atoms with Gasteiger partial charge in [0.1, 0.15) is 12.4 Å². The zero-order valence-electron chi connectivity index (χ0n) is 10.8. The summed E-state index contributed by atoms with van der Waals surface area (Å²) in [4.78, 5) is 10.1. The van der Waals surface area contributed by atoms with Crippen LogP contribution in [0.4, 0.5) is 11.4 Å². The molecule has 106 valence electrons. The molecule has 0 saturated carbocycles. The van der Waals surface area contributed by atoms with Crippen molar-refractivity contribution in [1.82, 2.24) is 0 Å².